The Kier molecular flexibility index (Phi) is 7.21. The standard InChI is InChI=1S/C25H28F4N2/c1-18(2)19(3)31(16-21-7-4-5-9-24(21)26)17-23-8-6-14-30(23)15-20-10-12-22(13-11-20)25(27,28)29/h4-14,18-19H,15-17H2,1-3H3/t19-/m0/s1. The summed E-state index contributed by atoms with van der Waals surface area (Å²) in [6.45, 7) is 7.98. The second kappa shape index (κ2) is 9.69. The van der Waals surface area contributed by atoms with E-state index in [2.05, 4.69) is 25.7 Å². The van der Waals surface area contributed by atoms with Crippen LogP contribution in [-0.4, -0.2) is 15.5 Å². The Bertz CT molecular complexity index is 974. The van der Waals surface area contributed by atoms with Crippen LogP contribution in [0.15, 0.2) is 66.9 Å². The zero-order valence-corrected chi connectivity index (χ0v) is 18.0. The first-order valence-corrected chi connectivity index (χ1v) is 10.4. The van der Waals surface area contributed by atoms with E-state index in [1.165, 1.54) is 18.2 Å². The van der Waals surface area contributed by atoms with Crippen LogP contribution in [0.2, 0.25) is 0 Å². The summed E-state index contributed by atoms with van der Waals surface area (Å²) >= 11 is 0. The predicted molar refractivity (Wildman–Crippen MR) is 115 cm³/mol. The molecule has 0 unspecified atom stereocenters. The van der Waals surface area contributed by atoms with E-state index in [0.717, 1.165) is 23.4 Å². The van der Waals surface area contributed by atoms with Crippen molar-refractivity contribution in [2.75, 3.05) is 0 Å². The molecule has 0 aliphatic rings. The zero-order valence-electron chi connectivity index (χ0n) is 18.0. The Balaban J connectivity index is 1.79. The number of alkyl halides is 3. The maximum Gasteiger partial charge on any atom is 0.416 e. The van der Waals surface area contributed by atoms with Crippen LogP contribution in [-0.2, 0) is 25.8 Å². The van der Waals surface area contributed by atoms with E-state index in [0.29, 0.717) is 31.1 Å². The summed E-state index contributed by atoms with van der Waals surface area (Å²) < 4.78 is 54.7. The van der Waals surface area contributed by atoms with Gasteiger partial charge in [-0.05, 0) is 48.7 Å². The number of nitrogens with zero attached hydrogens (tertiary/aromatic N) is 2. The quantitative estimate of drug-likeness (QED) is 0.358. The summed E-state index contributed by atoms with van der Waals surface area (Å²) in [6.07, 6.45) is -2.41. The van der Waals surface area contributed by atoms with Crippen LogP contribution in [0.1, 0.15) is 43.2 Å². The minimum absolute atomic E-state index is 0.217. The smallest absolute Gasteiger partial charge is 0.346 e. The molecule has 0 aliphatic carbocycles. The molecule has 2 aromatic carbocycles. The molecule has 0 fully saturated rings. The fourth-order valence-corrected chi connectivity index (χ4v) is 3.56. The van der Waals surface area contributed by atoms with Crippen molar-refractivity contribution in [3.05, 3.63) is 95.1 Å². The Morgan fingerprint density at radius 1 is 0.871 bits per heavy atom. The monoisotopic (exact) mass is 432 g/mol. The predicted octanol–water partition coefficient (Wildman–Crippen LogP) is 6.74. The van der Waals surface area contributed by atoms with E-state index in [-0.39, 0.29) is 11.9 Å². The van der Waals surface area contributed by atoms with E-state index >= 15 is 0 Å². The molecule has 0 N–H and O–H groups in total. The molecule has 0 saturated heterocycles. The van der Waals surface area contributed by atoms with Crippen molar-refractivity contribution in [2.45, 2.75) is 52.6 Å². The molecule has 6 heteroatoms. The van der Waals surface area contributed by atoms with Gasteiger partial charge in [-0.25, -0.2) is 4.39 Å². The van der Waals surface area contributed by atoms with Gasteiger partial charge in [0.1, 0.15) is 5.82 Å². The lowest BCUT2D eigenvalue weighted by atomic mass is 10.0. The van der Waals surface area contributed by atoms with Gasteiger partial charge in [-0.3, -0.25) is 4.90 Å². The van der Waals surface area contributed by atoms with Gasteiger partial charge < -0.3 is 4.57 Å². The van der Waals surface area contributed by atoms with Crippen molar-refractivity contribution in [1.29, 1.82) is 0 Å². The van der Waals surface area contributed by atoms with Gasteiger partial charge in [0.25, 0.3) is 0 Å². The first-order valence-electron chi connectivity index (χ1n) is 10.4. The Morgan fingerprint density at radius 3 is 2.16 bits per heavy atom. The summed E-state index contributed by atoms with van der Waals surface area (Å²) in [5, 5.41) is 0. The highest BCUT2D eigenvalue weighted by Gasteiger charge is 2.30. The zero-order chi connectivity index (χ0) is 22.6. The van der Waals surface area contributed by atoms with Gasteiger partial charge in [0.15, 0.2) is 0 Å². The van der Waals surface area contributed by atoms with Gasteiger partial charge in [-0.2, -0.15) is 13.2 Å². The van der Waals surface area contributed by atoms with E-state index in [1.807, 2.05) is 29.0 Å². The molecule has 31 heavy (non-hydrogen) atoms. The minimum Gasteiger partial charge on any atom is -0.346 e. The number of benzene rings is 2. The van der Waals surface area contributed by atoms with E-state index in [1.54, 1.807) is 12.1 Å². The Labute approximate surface area is 181 Å². The fraction of sp³-hybridized carbons (Fsp3) is 0.360. The van der Waals surface area contributed by atoms with Gasteiger partial charge in [-0.15, -0.1) is 0 Å². The molecule has 2 nitrogen and oxygen atoms in total. The van der Waals surface area contributed by atoms with Crippen molar-refractivity contribution in [3.63, 3.8) is 0 Å². The third-order valence-corrected chi connectivity index (χ3v) is 5.79. The lowest BCUT2D eigenvalue weighted by molar-refractivity contribution is -0.137. The van der Waals surface area contributed by atoms with Gasteiger partial charge in [-0.1, -0.05) is 44.2 Å². The van der Waals surface area contributed by atoms with Crippen LogP contribution in [0.3, 0.4) is 0 Å². The van der Waals surface area contributed by atoms with E-state index < -0.39 is 11.7 Å². The molecule has 1 heterocycles. The van der Waals surface area contributed by atoms with E-state index in [4.69, 9.17) is 0 Å². The number of hydrogen-bond acceptors (Lipinski definition) is 1. The first-order chi connectivity index (χ1) is 14.6. The minimum atomic E-state index is -4.34. The highest BCUT2D eigenvalue weighted by atomic mass is 19.4. The molecule has 0 radical (unpaired) electrons. The number of rotatable bonds is 8. The average Bonchev–Trinajstić information content (AvgIpc) is 3.14. The van der Waals surface area contributed by atoms with Crippen molar-refractivity contribution >= 4 is 0 Å². The topological polar surface area (TPSA) is 8.17 Å². The van der Waals surface area contributed by atoms with Gasteiger partial charge in [0, 0.05) is 43.1 Å². The van der Waals surface area contributed by atoms with Crippen LogP contribution in [0.5, 0.6) is 0 Å². The summed E-state index contributed by atoms with van der Waals surface area (Å²) in [6, 6.07) is 16.2. The number of aromatic nitrogens is 1. The van der Waals surface area contributed by atoms with Crippen LogP contribution in [0, 0.1) is 11.7 Å². The highest BCUT2D eigenvalue weighted by Crippen LogP contribution is 2.29. The Morgan fingerprint density at radius 2 is 1.55 bits per heavy atom. The molecule has 0 bridgehead atoms. The van der Waals surface area contributed by atoms with Crippen molar-refractivity contribution in [1.82, 2.24) is 9.47 Å². The maximum atomic E-state index is 14.3. The molecule has 3 aromatic rings. The van der Waals surface area contributed by atoms with Crippen molar-refractivity contribution < 1.29 is 17.6 Å². The van der Waals surface area contributed by atoms with Gasteiger partial charge in [0.2, 0.25) is 0 Å². The molecule has 3 rings (SSSR count). The fourth-order valence-electron chi connectivity index (χ4n) is 3.56. The number of halogens is 4. The van der Waals surface area contributed by atoms with Gasteiger partial charge in [0.05, 0.1) is 5.56 Å². The third kappa shape index (κ3) is 5.97. The molecule has 0 saturated carbocycles. The van der Waals surface area contributed by atoms with E-state index in [9.17, 15) is 17.6 Å². The van der Waals surface area contributed by atoms with Crippen LogP contribution < -0.4 is 0 Å². The van der Waals surface area contributed by atoms with Crippen LogP contribution >= 0.6 is 0 Å². The average molecular weight is 433 g/mol. The molecule has 0 amide bonds. The van der Waals surface area contributed by atoms with Crippen LogP contribution in [0.4, 0.5) is 17.6 Å². The molecular weight excluding hydrogens is 404 g/mol. The lowest BCUT2D eigenvalue weighted by Crippen LogP contribution is -2.36. The lowest BCUT2D eigenvalue weighted by Gasteiger charge is -2.32. The second-order valence-corrected chi connectivity index (χ2v) is 8.30. The molecule has 0 aliphatic heterocycles. The summed E-state index contributed by atoms with van der Waals surface area (Å²) in [5.41, 5.74) is 1.83. The molecule has 1 atom stereocenters. The maximum absolute atomic E-state index is 14.3. The second-order valence-electron chi connectivity index (χ2n) is 8.30. The number of hydrogen-bond donors (Lipinski definition) is 0. The van der Waals surface area contributed by atoms with Crippen molar-refractivity contribution in [3.8, 4) is 0 Å². The SMILES string of the molecule is CC(C)[C@H](C)N(Cc1ccccc1F)Cc1cccn1Cc1ccc(C(F)(F)F)cc1. The largest absolute Gasteiger partial charge is 0.416 e. The molecule has 166 valence electrons. The van der Waals surface area contributed by atoms with Crippen molar-refractivity contribution in [2.24, 2.45) is 5.92 Å². The molecular formula is C25H28F4N2. The normalized spacial score (nSPS) is 13.2. The highest BCUT2D eigenvalue weighted by molar-refractivity contribution is 5.25. The molecule has 1 aromatic heterocycles. The summed E-state index contributed by atoms with van der Waals surface area (Å²) in [5.74, 6) is 0.161. The van der Waals surface area contributed by atoms with Crippen LogP contribution in [0.25, 0.3) is 0 Å². The summed E-state index contributed by atoms with van der Waals surface area (Å²) in [7, 11) is 0. The Hall–Kier alpha value is -2.60. The third-order valence-electron chi connectivity index (χ3n) is 5.79. The molecule has 0 spiro atoms. The summed E-state index contributed by atoms with van der Waals surface area (Å²) in [4.78, 5) is 2.24. The van der Waals surface area contributed by atoms with Gasteiger partial charge >= 0.3 is 6.18 Å². The first kappa shape index (κ1) is 23.1.